The number of H-pyrrole nitrogens is 3. The number of carbonyl (C=O) groups excluding carboxylic acids is 14. The Hall–Kier alpha value is -12.3. The Labute approximate surface area is 785 Å². The van der Waals surface area contributed by atoms with Crippen LogP contribution in [0.3, 0.4) is 0 Å². The zero-order valence-corrected chi connectivity index (χ0v) is 74.2. The number of nitriles is 1. The van der Waals surface area contributed by atoms with Crippen molar-refractivity contribution in [2.24, 2.45) is 70.3 Å². The van der Waals surface area contributed by atoms with Crippen LogP contribution in [0.15, 0.2) is 103 Å². The number of carbonyl (C=O) groups is 15. The van der Waals surface area contributed by atoms with Gasteiger partial charge in [-0.15, -0.1) is 0 Å². The second-order valence-electron chi connectivity index (χ2n) is 34.7. The average molecular weight is 1880 g/mol. The Kier molecular flexibility index (Phi) is 35.8. The van der Waals surface area contributed by atoms with Gasteiger partial charge in [-0.25, -0.2) is 9.59 Å². The van der Waals surface area contributed by atoms with Crippen LogP contribution in [-0.2, 0) is 64.1 Å². The fourth-order valence-corrected chi connectivity index (χ4v) is 16.5. The highest BCUT2D eigenvalue weighted by molar-refractivity contribution is 6.32. The number of rotatable bonds is 35. The lowest BCUT2D eigenvalue weighted by atomic mass is 9.91. The zero-order chi connectivity index (χ0) is 93.2. The number of nitrogens with two attached hydrogens (primary N) is 4. The first-order valence-corrected chi connectivity index (χ1v) is 45.4. The number of benzene rings is 4. The van der Waals surface area contributed by atoms with Crippen LogP contribution < -0.4 is 81.4 Å². The number of hydrogen-bond acceptors (Lipinski definition) is 18. The number of nitrogens with zero attached hydrogens (tertiary/aromatic N) is 1. The van der Waals surface area contributed by atoms with Crippen molar-refractivity contribution in [3.63, 3.8) is 0 Å². The molecule has 12 atom stereocenters. The summed E-state index contributed by atoms with van der Waals surface area (Å²) in [6, 6.07) is 25.5. The molecule has 4 aliphatic heterocycles. The first-order chi connectivity index (χ1) is 62.3. The number of carboxylic acid groups (broad SMARTS) is 1. The number of alkyl carbamates (subject to hydrolysis) is 1. The van der Waals surface area contributed by atoms with Crippen LogP contribution in [0, 0.1) is 58.7 Å². The molecule has 39 heteroatoms. The molecule has 0 unspecified atom stereocenters. The fourth-order valence-electron chi connectivity index (χ4n) is 16.0. The summed E-state index contributed by atoms with van der Waals surface area (Å²) in [7, 11) is 0. The van der Waals surface area contributed by atoms with Crippen LogP contribution in [0.1, 0.15) is 211 Å². The van der Waals surface area contributed by atoms with E-state index in [1.165, 1.54) is 0 Å². The van der Waals surface area contributed by atoms with Gasteiger partial charge in [0.2, 0.25) is 65.0 Å². The van der Waals surface area contributed by atoms with Crippen molar-refractivity contribution < 1.29 is 102 Å². The highest BCUT2D eigenvalue weighted by atomic mass is 35.5. The number of aromatic nitrogens is 3. The average Bonchev–Trinajstić information content (AvgIpc) is 1.67. The lowest BCUT2D eigenvalue weighted by molar-refractivity contribution is -0.131. The zero-order valence-electron chi connectivity index (χ0n) is 71.9. The Morgan fingerprint density at radius 1 is 0.408 bits per heavy atom. The maximum atomic E-state index is 13.1. The van der Waals surface area contributed by atoms with Crippen molar-refractivity contribution in [2.45, 2.75) is 209 Å². The standard InChI is InChI=1S/C23H28ClN5O4.C23H26ClN5O3.C22H30N4O5.C14H24N4O3.C9H6ClNO2.14H2/c24-15-6-5-13-9-19(27-16(13)11-15)23(33)29-18(8-12-3-4-12)22(32)28-17(20(25)30)10-14-2-1-7-26-21(14)31;24-16-6-5-14-10-20(28-18(14)11-16)23(32)29-19(8-13-3-4-13)22(31)27-17(12-25)9-15-2-1-7-26-21(15)30;23-19(27)17(12-16-7-4-10-24-20(16)28)25-21(29)18(11-14-8-9-14)26-22(30)31-13-15-5-2-1-3-6-15;15-10(6-8-3-4-8)14(21)18-11(12(16)19)7-9-2-1-5-17-13(9)20;10-6-2-1-5-3-8(9(12)13)11-7(5)4-6;;;;;;;;;;;;;;/h5-6,9,11-12,14,17-18,27H,1-4,7-8,10H2,(H2,25,30)(H,26,31)(H,28,32)(H,29,33);5-6,10-11,13,15,17,19,28H,1-4,7-9H2,(H,26,30)(H,27,31)(H,29,32);1-3,5-6,14,16-18H,4,7-13H2,(H2,23,27)(H,24,28)(H,25,29)(H,26,30);8-11H,1-7,15H2,(H2,16,19)(H,17,20)(H,18,21);1-4,11H,(H,12,13);14*1H/t14-,17-,18-;15-,17-,19-;16-,17-,18-;9-,10-,11-;;;;;;;;;;;;;;;/m0000.............../s1. The number of carboxylic acids is 1. The third kappa shape index (κ3) is 31.0. The molecule has 0 spiro atoms. The van der Waals surface area contributed by atoms with Crippen LogP contribution >= 0.6 is 34.8 Å². The SMILES string of the molecule is N#C[C@H](C[C@@H]1CCCNC1=O)NC(=O)[C@H](CC1CC1)NC(=O)c1cc2ccc(Cl)cc2[nH]1.NC(=O)[C@H](C[C@@H]1CCCNC1=O)NC(=O)[C@@H](N)CC1CC1.NC(=O)[C@H](C[C@@H]1CCCNC1=O)NC(=O)[C@H](CC1CC1)NC(=O)OCc1ccccc1.NC(=O)[C@H](C[C@@H]1CCCNC1=O)NC(=O)[C@H](CC1CC1)NC(=O)c1cc2ccc(Cl)cc2[nH]1.O=C(O)c1cc2ccc(Cl)cc2[nH]1.[HH].[HH].[HH].[HH].[HH].[HH].[HH].[HH].[HH].[HH].[HH].[HH].[HH].[HH]. The first-order valence-electron chi connectivity index (χ1n) is 44.3. The second-order valence-corrected chi connectivity index (χ2v) is 36.0. The molecule has 7 heterocycles. The predicted molar refractivity (Wildman–Crippen MR) is 512 cm³/mol. The summed E-state index contributed by atoms with van der Waals surface area (Å²) >= 11 is 17.8. The van der Waals surface area contributed by atoms with Gasteiger partial charge < -0.3 is 106 Å². The van der Waals surface area contributed by atoms with Crippen molar-refractivity contribution in [1.29, 1.82) is 5.26 Å². The van der Waals surface area contributed by atoms with Crippen molar-refractivity contribution in [1.82, 2.24) is 73.4 Å². The quantitative estimate of drug-likeness (QED) is 0.0175. The summed E-state index contributed by atoms with van der Waals surface area (Å²) < 4.78 is 5.22. The van der Waals surface area contributed by atoms with Crippen LogP contribution in [0.5, 0.6) is 0 Å². The van der Waals surface area contributed by atoms with E-state index in [0.29, 0.717) is 128 Å². The molecule has 0 radical (unpaired) electrons. The third-order valence-corrected chi connectivity index (χ3v) is 24.8. The molecule has 14 amide bonds. The van der Waals surface area contributed by atoms with Gasteiger partial charge in [-0.2, -0.15) is 5.26 Å². The van der Waals surface area contributed by atoms with E-state index >= 15 is 0 Å². The molecule has 8 fully saturated rings. The number of ether oxygens (including phenoxy) is 1. The van der Waals surface area contributed by atoms with Gasteiger partial charge in [0.15, 0.2) is 0 Å². The largest absolute Gasteiger partial charge is 0.477 e. The highest BCUT2D eigenvalue weighted by Gasteiger charge is 2.40. The van der Waals surface area contributed by atoms with Gasteiger partial charge in [0.25, 0.3) is 11.8 Å². The van der Waals surface area contributed by atoms with Crippen molar-refractivity contribution >= 4 is 156 Å². The molecule has 3 aromatic heterocycles. The van der Waals surface area contributed by atoms with Crippen molar-refractivity contribution in [3.8, 4) is 6.07 Å². The van der Waals surface area contributed by atoms with Crippen LogP contribution in [0.4, 0.5) is 4.79 Å². The Balaban J connectivity index is -0.000000850. The van der Waals surface area contributed by atoms with Crippen molar-refractivity contribution in [2.75, 3.05) is 26.2 Å². The minimum Gasteiger partial charge on any atom is -0.477 e. The van der Waals surface area contributed by atoms with E-state index in [-0.39, 0.29) is 111 Å². The first kappa shape index (κ1) is 98.3. The van der Waals surface area contributed by atoms with E-state index in [9.17, 15) is 77.2 Å². The Morgan fingerprint density at radius 2 is 0.738 bits per heavy atom. The predicted octanol–water partition coefficient (Wildman–Crippen LogP) is 10.2. The van der Waals surface area contributed by atoms with E-state index < -0.39 is 108 Å². The number of halogens is 3. The molecule has 15 rings (SSSR count). The summed E-state index contributed by atoms with van der Waals surface area (Å²) in [5.74, 6) is -5.69. The molecule has 0 bridgehead atoms. The third-order valence-electron chi connectivity index (χ3n) is 24.1. The molecule has 4 saturated carbocycles. The Morgan fingerprint density at radius 3 is 1.08 bits per heavy atom. The van der Waals surface area contributed by atoms with Crippen molar-refractivity contribution in [3.05, 3.63) is 141 Å². The van der Waals surface area contributed by atoms with Gasteiger partial charge in [-0.3, -0.25) is 62.3 Å². The van der Waals surface area contributed by atoms with Gasteiger partial charge >= 0.3 is 12.1 Å². The molecule has 4 aliphatic carbocycles. The molecular weight excluding hydrogens is 1740 g/mol. The number of aromatic amines is 3. The van der Waals surface area contributed by atoms with Gasteiger partial charge in [0.05, 0.1) is 12.1 Å². The van der Waals surface area contributed by atoms with Crippen LogP contribution in [0.2, 0.25) is 15.1 Å². The molecule has 4 saturated heterocycles. The molecule has 724 valence electrons. The molecule has 8 aliphatic rings. The van der Waals surface area contributed by atoms with Crippen LogP contribution in [0.25, 0.3) is 32.7 Å². The number of amides is 14. The van der Waals surface area contributed by atoms with Crippen LogP contribution in [-0.4, -0.2) is 183 Å². The number of aromatic carboxylic acids is 1. The number of primary amides is 3. The number of fused-ring (bicyclic) bond motifs is 3. The van der Waals surface area contributed by atoms with E-state index in [0.717, 1.165) is 115 Å². The number of hydrogen-bond donors (Lipinski definition) is 19. The van der Waals surface area contributed by atoms with E-state index in [2.05, 4.69) is 79.5 Å². The summed E-state index contributed by atoms with van der Waals surface area (Å²) in [6.07, 6.45) is 16.5. The molecule has 7 aromatic rings. The monoisotopic (exact) mass is 1880 g/mol. The van der Waals surface area contributed by atoms with E-state index in [4.69, 9.17) is 67.6 Å². The van der Waals surface area contributed by atoms with Gasteiger partial charge in [0, 0.05) is 118 Å². The lowest BCUT2D eigenvalue weighted by Crippen LogP contribution is -2.54. The number of piperidine rings is 4. The maximum absolute atomic E-state index is 13.1. The molecule has 36 nitrogen and oxygen atoms in total. The topological polar surface area (TPSA) is 593 Å². The minimum atomic E-state index is -0.986. The molecule has 130 heavy (non-hydrogen) atoms. The Bertz CT molecular complexity index is 5360. The summed E-state index contributed by atoms with van der Waals surface area (Å²) in [5.41, 5.74) is 26.0. The normalized spacial score (nSPS) is 19.9. The number of nitrogens with one attached hydrogen (secondary N) is 14. The maximum Gasteiger partial charge on any atom is 0.408 e. The lowest BCUT2D eigenvalue weighted by Gasteiger charge is -2.27. The van der Waals surface area contributed by atoms with E-state index in [1.54, 1.807) is 66.7 Å². The summed E-state index contributed by atoms with van der Waals surface area (Å²) in [4.78, 5) is 192. The molecular formula is C91H142Cl3N19O17. The summed E-state index contributed by atoms with van der Waals surface area (Å²) in [5, 5.41) is 52.4. The van der Waals surface area contributed by atoms with Gasteiger partial charge in [0.1, 0.15) is 66.0 Å². The highest BCUT2D eigenvalue weighted by Crippen LogP contribution is 2.37. The fraction of sp³-hybridized carbons (Fsp3) is 0.495. The van der Waals surface area contributed by atoms with Gasteiger partial charge in [-0.05, 0) is 187 Å². The van der Waals surface area contributed by atoms with Gasteiger partial charge in [-0.1, -0.05) is 135 Å². The smallest absolute Gasteiger partial charge is 0.408 e. The van der Waals surface area contributed by atoms with E-state index in [1.807, 2.05) is 36.4 Å². The second kappa shape index (κ2) is 47.3. The molecule has 4 aromatic carbocycles. The molecule has 23 N–H and O–H groups in total. The minimum absolute atomic E-state index is 0. The summed E-state index contributed by atoms with van der Waals surface area (Å²) in [6.45, 7) is 2.62.